The zero-order valence-electron chi connectivity index (χ0n) is 28.3. The number of hydrogen-bond acceptors (Lipinski definition) is 8. The summed E-state index contributed by atoms with van der Waals surface area (Å²) in [5, 5.41) is 62.8. The second-order valence-electron chi connectivity index (χ2n) is 10.00. The van der Waals surface area contributed by atoms with Crippen molar-refractivity contribution < 1.29 is 79.2 Å². The van der Waals surface area contributed by atoms with Gasteiger partial charge in [-0.05, 0) is 0 Å². The van der Waals surface area contributed by atoms with Crippen LogP contribution in [0.3, 0.4) is 0 Å². The fourth-order valence-electron chi connectivity index (χ4n) is 0. The normalized spacial score (nSPS) is 8.64. The van der Waals surface area contributed by atoms with Gasteiger partial charge < -0.3 is 40.9 Å². The molecule has 8 N–H and O–H groups in total. The molecule has 0 aliphatic rings. The Morgan fingerprint density at radius 1 is 0.273 bits per heavy atom. The highest BCUT2D eigenvalue weighted by Crippen LogP contribution is 1.89. The Bertz CT molecular complexity index is 636. The van der Waals surface area contributed by atoms with Gasteiger partial charge in [-0.1, -0.05) is 83.1 Å². The zero-order valence-corrected chi connectivity index (χ0v) is 28.3. The van der Waals surface area contributed by atoms with E-state index in [2.05, 4.69) is 0 Å². The van der Waals surface area contributed by atoms with Gasteiger partial charge in [0.25, 0.3) is 11.9 Å². The Hall–Kier alpha value is -4.24. The van der Waals surface area contributed by atoms with Crippen LogP contribution >= 0.6 is 0 Å². The van der Waals surface area contributed by atoms with Crippen LogP contribution in [0, 0.1) is 35.5 Å². The minimum absolute atomic E-state index is 0.231. The largest absolute Gasteiger partial charge is 0.481 e. The summed E-state index contributed by atoms with van der Waals surface area (Å²) in [6, 6.07) is 0. The average molecular weight is 649 g/mol. The molecule has 0 saturated carbocycles. The first-order chi connectivity index (χ1) is 19.3. The summed E-state index contributed by atoms with van der Waals surface area (Å²) >= 11 is 0. The number of rotatable bonds is 6. The van der Waals surface area contributed by atoms with E-state index in [0.29, 0.717) is 0 Å². The zero-order chi connectivity index (χ0) is 38.1. The van der Waals surface area contributed by atoms with E-state index in [1.165, 1.54) is 0 Å². The second-order valence-corrected chi connectivity index (χ2v) is 10.00. The third kappa shape index (κ3) is 131. The van der Waals surface area contributed by atoms with Crippen molar-refractivity contribution in [2.24, 2.45) is 35.5 Å². The van der Waals surface area contributed by atoms with Gasteiger partial charge in [-0.3, -0.25) is 38.4 Å². The first kappa shape index (κ1) is 59.2. The lowest BCUT2D eigenvalue weighted by atomic mass is 10.2. The van der Waals surface area contributed by atoms with Crippen molar-refractivity contribution in [1.82, 2.24) is 0 Å². The molecule has 0 fully saturated rings. The standard InChI is InChI=1S/6C4H8O2.2C2H4O2/c6*1-3(2)4(5)6;2*1-2(3)4/h6*3H,1-2H3,(H,5,6);2*1H3,(H,3,4). The predicted octanol–water partition coefficient (Wildman–Crippen LogP) is 4.54. The van der Waals surface area contributed by atoms with Crippen LogP contribution in [0.1, 0.15) is 96.9 Å². The lowest BCUT2D eigenvalue weighted by Gasteiger charge is -1.89. The molecule has 0 aliphatic carbocycles. The Morgan fingerprint density at radius 2 is 0.295 bits per heavy atom. The van der Waals surface area contributed by atoms with E-state index in [1.807, 2.05) is 0 Å². The molecule has 0 amide bonds. The van der Waals surface area contributed by atoms with Crippen molar-refractivity contribution in [2.75, 3.05) is 0 Å². The number of hydrogen-bond donors (Lipinski definition) is 8. The van der Waals surface area contributed by atoms with Gasteiger partial charge in [-0.15, -0.1) is 0 Å². The molecule has 0 bridgehead atoms. The molecule has 0 atom stereocenters. The molecule has 0 saturated heterocycles. The number of aliphatic carboxylic acids is 8. The minimum atomic E-state index is -0.833. The Labute approximate surface area is 259 Å². The maximum atomic E-state index is 9.70. The maximum absolute atomic E-state index is 9.70. The molecule has 44 heavy (non-hydrogen) atoms. The highest BCUT2D eigenvalue weighted by atomic mass is 16.4. The number of carboxylic acids is 8. The van der Waals surface area contributed by atoms with Crippen molar-refractivity contribution in [2.45, 2.75) is 96.9 Å². The van der Waals surface area contributed by atoms with Crippen molar-refractivity contribution in [3.05, 3.63) is 0 Å². The van der Waals surface area contributed by atoms with Crippen molar-refractivity contribution >= 4 is 47.8 Å². The van der Waals surface area contributed by atoms with E-state index in [4.69, 9.17) is 50.4 Å². The lowest BCUT2D eigenvalue weighted by Crippen LogP contribution is -2.03. The molecule has 16 heteroatoms. The Balaban J connectivity index is -0.0000000564. The van der Waals surface area contributed by atoms with Gasteiger partial charge in [0.05, 0.1) is 35.5 Å². The van der Waals surface area contributed by atoms with E-state index in [-0.39, 0.29) is 35.5 Å². The van der Waals surface area contributed by atoms with E-state index in [1.54, 1.807) is 83.1 Å². The Morgan fingerprint density at radius 3 is 0.295 bits per heavy atom. The smallest absolute Gasteiger partial charge is 0.305 e. The Kier molecular flexibility index (Phi) is 52.2. The van der Waals surface area contributed by atoms with Crippen LogP contribution in [0.25, 0.3) is 0 Å². The quantitative estimate of drug-likeness (QED) is 0.196. The maximum Gasteiger partial charge on any atom is 0.305 e. The molecule has 0 spiro atoms. The van der Waals surface area contributed by atoms with Crippen LogP contribution < -0.4 is 0 Å². The highest BCUT2D eigenvalue weighted by molar-refractivity contribution is 5.70. The van der Waals surface area contributed by atoms with E-state index in [9.17, 15) is 28.8 Å². The van der Waals surface area contributed by atoms with Crippen LogP contribution in [-0.4, -0.2) is 88.6 Å². The van der Waals surface area contributed by atoms with Gasteiger partial charge in [-0.2, -0.15) is 0 Å². The molecule has 0 aromatic rings. The molecule has 0 aliphatic heterocycles. The van der Waals surface area contributed by atoms with Crippen LogP contribution in [0.5, 0.6) is 0 Å². The fraction of sp³-hybridized carbons (Fsp3) is 0.714. The summed E-state index contributed by atoms with van der Waals surface area (Å²) < 4.78 is 0. The van der Waals surface area contributed by atoms with Crippen LogP contribution in [0.2, 0.25) is 0 Å². The predicted molar refractivity (Wildman–Crippen MR) is 161 cm³/mol. The summed E-state index contributed by atoms with van der Waals surface area (Å²) in [7, 11) is 0. The molecule has 0 unspecified atom stereocenters. The molecular formula is C28H56O16. The molecule has 0 heterocycles. The topological polar surface area (TPSA) is 298 Å². The van der Waals surface area contributed by atoms with Gasteiger partial charge in [-0.25, -0.2) is 0 Å². The highest BCUT2D eigenvalue weighted by Gasteiger charge is 2.01. The summed E-state index contributed by atoms with van der Waals surface area (Å²) in [6.45, 7) is 21.9. The molecular weight excluding hydrogens is 592 g/mol. The first-order valence-corrected chi connectivity index (χ1v) is 13.1. The number of carboxylic acid groups (broad SMARTS) is 8. The van der Waals surface area contributed by atoms with Crippen molar-refractivity contribution in [1.29, 1.82) is 0 Å². The van der Waals surface area contributed by atoms with Gasteiger partial charge in [0.2, 0.25) is 0 Å². The van der Waals surface area contributed by atoms with Crippen LogP contribution in [0.4, 0.5) is 0 Å². The summed E-state index contributed by atoms with van der Waals surface area (Å²) in [6.07, 6.45) is 0. The molecule has 0 aromatic heterocycles. The van der Waals surface area contributed by atoms with Gasteiger partial charge in [0.15, 0.2) is 0 Å². The van der Waals surface area contributed by atoms with Gasteiger partial charge in [0, 0.05) is 13.8 Å². The van der Waals surface area contributed by atoms with Crippen LogP contribution in [0.15, 0.2) is 0 Å². The monoisotopic (exact) mass is 648 g/mol. The summed E-state index contributed by atoms with van der Waals surface area (Å²) in [5.41, 5.74) is 0. The van der Waals surface area contributed by atoms with E-state index < -0.39 is 47.8 Å². The second kappa shape index (κ2) is 38.8. The van der Waals surface area contributed by atoms with E-state index >= 15 is 0 Å². The van der Waals surface area contributed by atoms with Crippen molar-refractivity contribution in [3.63, 3.8) is 0 Å². The van der Waals surface area contributed by atoms with E-state index in [0.717, 1.165) is 13.8 Å². The number of carbonyl (C=O) groups is 8. The average Bonchev–Trinajstić information content (AvgIpc) is 2.79. The lowest BCUT2D eigenvalue weighted by molar-refractivity contribution is -0.141. The fourth-order valence-corrected chi connectivity index (χ4v) is 0. The van der Waals surface area contributed by atoms with Crippen molar-refractivity contribution in [3.8, 4) is 0 Å². The van der Waals surface area contributed by atoms with Gasteiger partial charge >= 0.3 is 35.8 Å². The molecule has 0 aromatic carbocycles. The molecule has 0 rings (SSSR count). The molecule has 0 radical (unpaired) electrons. The third-order valence-corrected chi connectivity index (χ3v) is 2.96. The molecule has 264 valence electrons. The minimum Gasteiger partial charge on any atom is -0.481 e. The van der Waals surface area contributed by atoms with Crippen LogP contribution in [-0.2, 0) is 38.4 Å². The third-order valence-electron chi connectivity index (χ3n) is 2.96. The molecule has 16 nitrogen and oxygen atoms in total. The van der Waals surface area contributed by atoms with Gasteiger partial charge in [0.1, 0.15) is 0 Å². The summed E-state index contributed by atoms with van der Waals surface area (Å²) in [5.74, 6) is -7.50. The summed E-state index contributed by atoms with van der Waals surface area (Å²) in [4.78, 5) is 76.2. The first-order valence-electron chi connectivity index (χ1n) is 13.1. The SMILES string of the molecule is CC(=O)O.CC(=O)O.CC(C)C(=O)O.CC(C)C(=O)O.CC(C)C(=O)O.CC(C)C(=O)O.CC(C)C(=O)O.CC(C)C(=O)O.